The largest absolute Gasteiger partial charge is 0.349 e. The van der Waals surface area contributed by atoms with Crippen LogP contribution < -0.4 is 5.32 Å². The van der Waals surface area contributed by atoms with E-state index in [1.807, 2.05) is 47.2 Å². The number of hydrogen-bond acceptors (Lipinski definition) is 5. The molecule has 2 aromatic carbocycles. The molecule has 0 saturated heterocycles. The van der Waals surface area contributed by atoms with Crippen molar-refractivity contribution in [3.8, 4) is 11.3 Å². The van der Waals surface area contributed by atoms with Crippen molar-refractivity contribution in [2.45, 2.75) is 51.0 Å². The second-order valence-electron chi connectivity index (χ2n) is 9.77. The van der Waals surface area contributed by atoms with Gasteiger partial charge in [0.1, 0.15) is 5.69 Å². The molecule has 36 heavy (non-hydrogen) atoms. The molecule has 0 aliphatic heterocycles. The van der Waals surface area contributed by atoms with E-state index in [0.717, 1.165) is 47.1 Å². The number of fused-ring (bicyclic) bond motifs is 2. The van der Waals surface area contributed by atoms with Crippen LogP contribution in [0.15, 0.2) is 73.2 Å². The average molecular weight is 477 g/mol. The molecule has 0 radical (unpaired) electrons. The Kier molecular flexibility index (Phi) is 5.48. The van der Waals surface area contributed by atoms with E-state index in [-0.39, 0.29) is 11.3 Å². The molecular formula is C29H28N6O. The zero-order chi connectivity index (χ0) is 24.7. The summed E-state index contributed by atoms with van der Waals surface area (Å²) in [7, 11) is 0. The number of amides is 1. The van der Waals surface area contributed by atoms with E-state index in [9.17, 15) is 4.79 Å². The second kappa shape index (κ2) is 8.82. The Bertz CT molecular complexity index is 1570. The van der Waals surface area contributed by atoms with E-state index in [1.165, 1.54) is 12.0 Å². The predicted molar refractivity (Wildman–Crippen MR) is 140 cm³/mol. The number of nitrogens with zero attached hydrogens (tertiary/aromatic N) is 5. The van der Waals surface area contributed by atoms with Crippen LogP contribution in [0.3, 0.4) is 0 Å². The first-order valence-corrected chi connectivity index (χ1v) is 12.5. The quantitative estimate of drug-likeness (QED) is 0.358. The third-order valence-electron chi connectivity index (χ3n) is 7.63. The van der Waals surface area contributed by atoms with Gasteiger partial charge < -0.3 is 5.32 Å². The molecule has 1 unspecified atom stereocenters. The number of pyridine rings is 1. The molecule has 1 fully saturated rings. The predicted octanol–water partition coefficient (Wildman–Crippen LogP) is 5.34. The lowest BCUT2D eigenvalue weighted by atomic mass is 9.77. The second-order valence-corrected chi connectivity index (χ2v) is 9.77. The summed E-state index contributed by atoms with van der Waals surface area (Å²) < 4.78 is 1.85. The van der Waals surface area contributed by atoms with Crippen LogP contribution in [0, 0.1) is 0 Å². The number of nitrogens with one attached hydrogen (secondary N) is 1. The molecule has 1 atom stereocenters. The van der Waals surface area contributed by atoms with Crippen LogP contribution in [0.25, 0.3) is 27.9 Å². The maximum absolute atomic E-state index is 12.5. The zero-order valence-electron chi connectivity index (χ0n) is 20.5. The molecule has 1 N–H and O–H groups in total. The number of imidazole rings is 1. The number of rotatable bonds is 6. The van der Waals surface area contributed by atoms with Gasteiger partial charge in [0, 0.05) is 34.2 Å². The summed E-state index contributed by atoms with van der Waals surface area (Å²) in [6.07, 6.45) is 9.62. The highest BCUT2D eigenvalue weighted by molar-refractivity contribution is 5.94. The van der Waals surface area contributed by atoms with E-state index in [0.29, 0.717) is 17.4 Å². The summed E-state index contributed by atoms with van der Waals surface area (Å²) in [4.78, 5) is 26.1. The number of benzene rings is 2. The number of carbonyl (C=O) groups is 1. The van der Waals surface area contributed by atoms with Crippen molar-refractivity contribution in [3.63, 3.8) is 0 Å². The molecule has 7 nitrogen and oxygen atoms in total. The Morgan fingerprint density at radius 1 is 1.06 bits per heavy atom. The summed E-state index contributed by atoms with van der Waals surface area (Å²) in [5.41, 5.74) is 5.11. The standard InChI is InChI=1S/C29H28N6O/c1-3-29(2,22-13-14-24-21(16-22)6-5-15-30-24)26-18-32-28-31-17-25(34-35(26)28)19-9-11-20(12-10-19)27(36)33-23-7-4-8-23/h5-6,9-18,23H,3-4,7-8H2,1-2H3,(H,33,36). The minimum Gasteiger partial charge on any atom is -0.349 e. The Labute approximate surface area is 209 Å². The van der Waals surface area contributed by atoms with Crippen LogP contribution in [0.4, 0.5) is 0 Å². The zero-order valence-corrected chi connectivity index (χ0v) is 20.5. The molecule has 1 amide bonds. The van der Waals surface area contributed by atoms with Crippen LogP contribution >= 0.6 is 0 Å². The van der Waals surface area contributed by atoms with Gasteiger partial charge in [-0.05, 0) is 68.5 Å². The maximum atomic E-state index is 12.5. The number of aromatic nitrogens is 5. The minimum atomic E-state index is -0.319. The van der Waals surface area contributed by atoms with Crippen molar-refractivity contribution in [2.24, 2.45) is 0 Å². The Morgan fingerprint density at radius 2 is 1.86 bits per heavy atom. The van der Waals surface area contributed by atoms with Gasteiger partial charge in [-0.3, -0.25) is 9.78 Å². The van der Waals surface area contributed by atoms with Gasteiger partial charge in [0.25, 0.3) is 11.7 Å². The van der Waals surface area contributed by atoms with Gasteiger partial charge in [0.15, 0.2) is 0 Å². The number of carbonyl (C=O) groups excluding carboxylic acids is 1. The van der Waals surface area contributed by atoms with Crippen molar-refractivity contribution in [1.29, 1.82) is 0 Å². The molecule has 1 aliphatic carbocycles. The van der Waals surface area contributed by atoms with Crippen molar-refractivity contribution >= 4 is 22.6 Å². The molecule has 7 heteroatoms. The normalized spacial score (nSPS) is 15.5. The lowest BCUT2D eigenvalue weighted by Crippen LogP contribution is -2.39. The SMILES string of the molecule is CCC(C)(c1ccc2ncccc2c1)c1cnc2ncc(-c3ccc(C(=O)NC4CCC4)cc3)nn12. The van der Waals surface area contributed by atoms with Crippen LogP contribution in [0.2, 0.25) is 0 Å². The van der Waals surface area contributed by atoms with Crippen LogP contribution in [-0.4, -0.2) is 36.5 Å². The van der Waals surface area contributed by atoms with Gasteiger partial charge in [-0.1, -0.05) is 31.2 Å². The smallest absolute Gasteiger partial charge is 0.251 e. The van der Waals surface area contributed by atoms with Gasteiger partial charge in [0.2, 0.25) is 0 Å². The molecule has 6 rings (SSSR count). The van der Waals surface area contributed by atoms with Crippen LogP contribution in [0.5, 0.6) is 0 Å². The summed E-state index contributed by atoms with van der Waals surface area (Å²) in [5.74, 6) is 0.543. The van der Waals surface area contributed by atoms with Gasteiger partial charge in [-0.25, -0.2) is 9.97 Å². The van der Waals surface area contributed by atoms with E-state index in [2.05, 4.69) is 58.4 Å². The summed E-state index contributed by atoms with van der Waals surface area (Å²) >= 11 is 0. The maximum Gasteiger partial charge on any atom is 0.251 e. The number of hydrogen-bond donors (Lipinski definition) is 1. The third-order valence-corrected chi connectivity index (χ3v) is 7.63. The lowest BCUT2D eigenvalue weighted by molar-refractivity contribution is 0.0917. The molecule has 5 aromatic rings. The van der Waals surface area contributed by atoms with E-state index < -0.39 is 0 Å². The van der Waals surface area contributed by atoms with Crippen molar-refractivity contribution in [3.05, 3.63) is 90.0 Å². The van der Waals surface area contributed by atoms with Gasteiger partial charge >= 0.3 is 0 Å². The van der Waals surface area contributed by atoms with E-state index in [4.69, 9.17) is 5.10 Å². The Morgan fingerprint density at radius 3 is 2.61 bits per heavy atom. The first kappa shape index (κ1) is 22.3. The van der Waals surface area contributed by atoms with Gasteiger partial charge in [-0.2, -0.15) is 9.61 Å². The average Bonchev–Trinajstić information content (AvgIpc) is 3.34. The van der Waals surface area contributed by atoms with Crippen molar-refractivity contribution in [2.75, 3.05) is 0 Å². The molecule has 1 saturated carbocycles. The van der Waals surface area contributed by atoms with E-state index >= 15 is 0 Å². The van der Waals surface area contributed by atoms with Crippen LogP contribution in [-0.2, 0) is 5.41 Å². The van der Waals surface area contributed by atoms with Crippen LogP contribution in [0.1, 0.15) is 61.1 Å². The van der Waals surface area contributed by atoms with Gasteiger partial charge in [0.05, 0.1) is 23.6 Å². The molecule has 180 valence electrons. The van der Waals surface area contributed by atoms with E-state index in [1.54, 1.807) is 6.20 Å². The Balaban J connectivity index is 1.35. The fourth-order valence-electron chi connectivity index (χ4n) is 4.85. The molecule has 0 bridgehead atoms. The fourth-order valence-corrected chi connectivity index (χ4v) is 4.85. The molecular weight excluding hydrogens is 448 g/mol. The fraction of sp³-hybridized carbons (Fsp3) is 0.276. The monoisotopic (exact) mass is 476 g/mol. The molecule has 3 heterocycles. The van der Waals surface area contributed by atoms with Gasteiger partial charge in [-0.15, -0.1) is 0 Å². The molecule has 1 aliphatic rings. The summed E-state index contributed by atoms with van der Waals surface area (Å²) in [5, 5.41) is 9.13. The third kappa shape index (κ3) is 3.81. The molecule has 0 spiro atoms. The highest BCUT2D eigenvalue weighted by atomic mass is 16.1. The van der Waals surface area contributed by atoms with Crippen molar-refractivity contribution < 1.29 is 4.79 Å². The summed E-state index contributed by atoms with van der Waals surface area (Å²) in [6, 6.07) is 18.3. The highest BCUT2D eigenvalue weighted by Gasteiger charge is 2.31. The lowest BCUT2D eigenvalue weighted by Gasteiger charge is -2.28. The van der Waals surface area contributed by atoms with Crippen molar-refractivity contribution in [1.82, 2.24) is 29.9 Å². The minimum absolute atomic E-state index is 0.0195. The topological polar surface area (TPSA) is 85.1 Å². The highest BCUT2D eigenvalue weighted by Crippen LogP contribution is 2.36. The first-order chi connectivity index (χ1) is 17.5. The Hall–Kier alpha value is -4.13. The molecule has 3 aromatic heterocycles. The summed E-state index contributed by atoms with van der Waals surface area (Å²) in [6.45, 7) is 4.40. The first-order valence-electron chi connectivity index (χ1n) is 12.5.